The van der Waals surface area contributed by atoms with E-state index in [9.17, 15) is 4.79 Å². The minimum Gasteiger partial charge on any atom is -0.339 e. The molecule has 1 amide bonds. The molecule has 3 nitrogen and oxygen atoms in total. The zero-order chi connectivity index (χ0) is 13.1. The first kappa shape index (κ1) is 13.3. The Bertz CT molecular complexity index is 436. The number of nitrogens with zero attached hydrogens (tertiary/aromatic N) is 2. The maximum absolute atomic E-state index is 12.4. The van der Waals surface area contributed by atoms with Crippen molar-refractivity contribution >= 4 is 17.5 Å². The van der Waals surface area contributed by atoms with E-state index >= 15 is 0 Å². The van der Waals surface area contributed by atoms with Gasteiger partial charge in [-0.25, -0.2) is 0 Å². The van der Waals surface area contributed by atoms with Gasteiger partial charge >= 0.3 is 0 Å². The summed E-state index contributed by atoms with van der Waals surface area (Å²) in [4.78, 5) is 18.2. The third-order valence-electron chi connectivity index (χ3n) is 3.78. The Morgan fingerprint density at radius 2 is 2.28 bits per heavy atom. The van der Waals surface area contributed by atoms with Crippen LogP contribution in [0, 0.1) is 5.92 Å². The van der Waals surface area contributed by atoms with E-state index in [1.165, 1.54) is 12.8 Å². The minimum atomic E-state index is -0.0211. The summed E-state index contributed by atoms with van der Waals surface area (Å²) in [5.74, 6) is 0.676. The van der Waals surface area contributed by atoms with Crippen molar-refractivity contribution in [2.45, 2.75) is 38.6 Å². The molecule has 1 aliphatic rings. The molecule has 1 saturated carbocycles. The summed E-state index contributed by atoms with van der Waals surface area (Å²) in [6.45, 7) is 2.25. The van der Waals surface area contributed by atoms with Crippen LogP contribution in [-0.2, 0) is 0 Å². The summed E-state index contributed by atoms with van der Waals surface area (Å²) in [6.07, 6.45) is 7.79. The van der Waals surface area contributed by atoms with Crippen molar-refractivity contribution in [1.82, 2.24) is 9.88 Å². The van der Waals surface area contributed by atoms with Crippen molar-refractivity contribution in [1.29, 1.82) is 0 Å². The number of hydrogen-bond acceptors (Lipinski definition) is 2. The summed E-state index contributed by atoms with van der Waals surface area (Å²) >= 11 is 6.04. The Hall–Kier alpha value is -1.09. The lowest BCUT2D eigenvalue weighted by molar-refractivity contribution is 0.0672. The van der Waals surface area contributed by atoms with Gasteiger partial charge in [0.25, 0.3) is 5.91 Å². The van der Waals surface area contributed by atoms with Crippen LogP contribution in [0.15, 0.2) is 18.5 Å². The first-order chi connectivity index (χ1) is 8.59. The van der Waals surface area contributed by atoms with Gasteiger partial charge in [-0.2, -0.15) is 0 Å². The highest BCUT2D eigenvalue weighted by molar-refractivity contribution is 6.33. The van der Waals surface area contributed by atoms with Gasteiger partial charge in [0, 0.05) is 25.5 Å². The molecule has 1 aliphatic carbocycles. The van der Waals surface area contributed by atoms with Gasteiger partial charge in [0.05, 0.1) is 10.6 Å². The predicted octanol–water partition coefficient (Wildman–Crippen LogP) is 3.39. The lowest BCUT2D eigenvalue weighted by Crippen LogP contribution is -2.40. The average Bonchev–Trinajstić information content (AvgIpc) is 2.37. The van der Waals surface area contributed by atoms with Crippen LogP contribution in [0.1, 0.15) is 43.0 Å². The maximum Gasteiger partial charge on any atom is 0.256 e. The molecule has 1 fully saturated rings. The van der Waals surface area contributed by atoms with Crippen molar-refractivity contribution in [2.75, 3.05) is 7.05 Å². The number of amides is 1. The highest BCUT2D eigenvalue weighted by atomic mass is 35.5. The zero-order valence-electron chi connectivity index (χ0n) is 10.9. The Labute approximate surface area is 113 Å². The van der Waals surface area contributed by atoms with Gasteiger partial charge in [-0.15, -0.1) is 0 Å². The average molecular weight is 267 g/mol. The van der Waals surface area contributed by atoms with Gasteiger partial charge in [-0.3, -0.25) is 9.78 Å². The fourth-order valence-corrected chi connectivity index (χ4v) is 2.83. The van der Waals surface area contributed by atoms with E-state index in [-0.39, 0.29) is 5.91 Å². The van der Waals surface area contributed by atoms with Crippen LogP contribution in [-0.4, -0.2) is 28.9 Å². The lowest BCUT2D eigenvalue weighted by atomic mass is 9.86. The first-order valence-electron chi connectivity index (χ1n) is 6.46. The summed E-state index contributed by atoms with van der Waals surface area (Å²) in [6, 6.07) is 1.99. The first-order valence-corrected chi connectivity index (χ1v) is 6.84. The normalized spacial score (nSPS) is 23.7. The molecule has 4 heteroatoms. The largest absolute Gasteiger partial charge is 0.339 e. The molecule has 0 aliphatic heterocycles. The number of halogens is 1. The smallest absolute Gasteiger partial charge is 0.256 e. The molecule has 2 rings (SSSR count). The zero-order valence-corrected chi connectivity index (χ0v) is 11.7. The molecule has 0 N–H and O–H groups in total. The third-order valence-corrected chi connectivity index (χ3v) is 4.10. The molecule has 0 radical (unpaired) electrons. The van der Waals surface area contributed by atoms with E-state index in [2.05, 4.69) is 11.9 Å². The van der Waals surface area contributed by atoms with E-state index in [1.807, 2.05) is 11.9 Å². The molecule has 18 heavy (non-hydrogen) atoms. The van der Waals surface area contributed by atoms with Gasteiger partial charge in [-0.05, 0) is 24.8 Å². The molecular weight excluding hydrogens is 248 g/mol. The Balaban J connectivity index is 2.11. The van der Waals surface area contributed by atoms with Crippen LogP contribution in [0.4, 0.5) is 0 Å². The molecule has 0 bridgehead atoms. The van der Waals surface area contributed by atoms with E-state index < -0.39 is 0 Å². The molecule has 98 valence electrons. The second kappa shape index (κ2) is 5.70. The molecule has 0 aromatic carbocycles. The van der Waals surface area contributed by atoms with Crippen LogP contribution in [0.5, 0.6) is 0 Å². The Morgan fingerprint density at radius 1 is 1.50 bits per heavy atom. The van der Waals surface area contributed by atoms with Crippen molar-refractivity contribution in [3.05, 3.63) is 29.0 Å². The number of rotatable bonds is 2. The van der Waals surface area contributed by atoms with Gasteiger partial charge in [-0.1, -0.05) is 31.4 Å². The van der Waals surface area contributed by atoms with E-state index in [4.69, 9.17) is 11.6 Å². The molecule has 0 spiro atoms. The van der Waals surface area contributed by atoms with Crippen LogP contribution in [0.2, 0.25) is 5.02 Å². The van der Waals surface area contributed by atoms with Crippen LogP contribution in [0.25, 0.3) is 0 Å². The quantitative estimate of drug-likeness (QED) is 0.822. The van der Waals surface area contributed by atoms with Crippen molar-refractivity contribution in [2.24, 2.45) is 5.92 Å². The highest BCUT2D eigenvalue weighted by Gasteiger charge is 2.26. The fraction of sp³-hybridized carbons (Fsp3) is 0.571. The summed E-state index contributed by atoms with van der Waals surface area (Å²) in [5.41, 5.74) is 0.500. The number of pyridine rings is 1. The van der Waals surface area contributed by atoms with Gasteiger partial charge in [0.15, 0.2) is 0 Å². The molecule has 0 saturated heterocycles. The van der Waals surface area contributed by atoms with Crippen LogP contribution >= 0.6 is 11.6 Å². The van der Waals surface area contributed by atoms with E-state index in [1.54, 1.807) is 18.5 Å². The van der Waals surface area contributed by atoms with Crippen molar-refractivity contribution < 1.29 is 4.79 Å². The maximum atomic E-state index is 12.4. The number of hydrogen-bond donors (Lipinski definition) is 0. The Kier molecular flexibility index (Phi) is 4.23. The summed E-state index contributed by atoms with van der Waals surface area (Å²) in [5, 5.41) is 0.478. The highest BCUT2D eigenvalue weighted by Crippen LogP contribution is 2.28. The minimum absolute atomic E-state index is 0.0211. The fourth-order valence-electron chi connectivity index (χ4n) is 2.64. The Morgan fingerprint density at radius 3 is 2.94 bits per heavy atom. The van der Waals surface area contributed by atoms with Crippen molar-refractivity contribution in [3.8, 4) is 0 Å². The van der Waals surface area contributed by atoms with E-state index in [0.717, 1.165) is 12.8 Å². The molecule has 2 unspecified atom stereocenters. The number of aromatic nitrogens is 1. The molecule has 2 atom stereocenters. The van der Waals surface area contributed by atoms with Gasteiger partial charge in [0.1, 0.15) is 0 Å². The third kappa shape index (κ3) is 2.83. The van der Waals surface area contributed by atoms with Crippen molar-refractivity contribution in [3.63, 3.8) is 0 Å². The second-order valence-electron chi connectivity index (χ2n) is 5.20. The number of carbonyl (C=O) groups excluding carboxylic acids is 1. The summed E-state index contributed by atoms with van der Waals surface area (Å²) in [7, 11) is 1.87. The number of carbonyl (C=O) groups is 1. The monoisotopic (exact) mass is 266 g/mol. The molecule has 1 aromatic heterocycles. The van der Waals surface area contributed by atoms with Gasteiger partial charge in [0.2, 0.25) is 0 Å². The van der Waals surface area contributed by atoms with E-state index in [0.29, 0.717) is 22.5 Å². The standard InChI is InChI=1S/C14H19ClN2O/c1-10-4-3-5-11(8-10)17(2)14(18)12-9-16-7-6-13(12)15/h6-7,9-11H,3-5,8H2,1-2H3. The van der Waals surface area contributed by atoms with Crippen LogP contribution < -0.4 is 0 Å². The summed E-state index contributed by atoms with van der Waals surface area (Å²) < 4.78 is 0. The van der Waals surface area contributed by atoms with Crippen LogP contribution in [0.3, 0.4) is 0 Å². The SMILES string of the molecule is CC1CCCC(N(C)C(=O)c2cnccc2Cl)C1. The lowest BCUT2D eigenvalue weighted by Gasteiger charge is -2.34. The second-order valence-corrected chi connectivity index (χ2v) is 5.60. The van der Waals surface area contributed by atoms with Gasteiger partial charge < -0.3 is 4.90 Å². The molecular formula is C14H19ClN2O. The topological polar surface area (TPSA) is 33.2 Å². The molecule has 1 aromatic rings. The molecule has 1 heterocycles. The predicted molar refractivity (Wildman–Crippen MR) is 72.8 cm³/mol.